The first-order valence-corrected chi connectivity index (χ1v) is 8.68. The molecule has 0 bridgehead atoms. The van der Waals surface area contributed by atoms with Crippen molar-refractivity contribution in [2.75, 3.05) is 0 Å². The number of carbonyl (C=O) groups is 2. The SMILES string of the molecule is CC(C)(C)CC(C)(C)CC(=O)O.CC(C)(C)CC(C)(C)CC(=O)O.[Zn]. The van der Waals surface area contributed by atoms with Crippen LogP contribution in [0.15, 0.2) is 0 Å². The van der Waals surface area contributed by atoms with Crippen LogP contribution in [0.3, 0.4) is 0 Å². The third-order valence-corrected chi connectivity index (χ3v) is 3.28. The van der Waals surface area contributed by atoms with Crippen molar-refractivity contribution in [3.63, 3.8) is 0 Å². The molecule has 0 unspecified atom stereocenters. The fraction of sp³-hybridized carbons (Fsp3) is 0.900. The van der Waals surface area contributed by atoms with Gasteiger partial charge in [0.25, 0.3) is 0 Å². The summed E-state index contributed by atoms with van der Waals surface area (Å²) in [6.07, 6.45) is 2.38. The average molecular weight is 410 g/mol. The molecule has 4 nitrogen and oxygen atoms in total. The largest absolute Gasteiger partial charge is 0.481 e. The molecule has 0 amide bonds. The smallest absolute Gasteiger partial charge is 0.303 e. The maximum atomic E-state index is 10.5. The van der Waals surface area contributed by atoms with Crippen molar-refractivity contribution in [1.82, 2.24) is 0 Å². The van der Waals surface area contributed by atoms with E-state index in [1.807, 2.05) is 27.7 Å². The predicted octanol–water partition coefficient (Wildman–Crippen LogP) is 5.84. The molecule has 0 aliphatic heterocycles. The Hall–Kier alpha value is -0.437. The molecule has 0 saturated carbocycles. The first-order valence-electron chi connectivity index (χ1n) is 8.68. The van der Waals surface area contributed by atoms with E-state index in [9.17, 15) is 9.59 Å². The molecule has 2 N–H and O–H groups in total. The molecule has 5 heteroatoms. The molecule has 0 aromatic heterocycles. The van der Waals surface area contributed by atoms with Gasteiger partial charge in [-0.25, -0.2) is 0 Å². The third-order valence-electron chi connectivity index (χ3n) is 3.28. The summed E-state index contributed by atoms with van der Waals surface area (Å²) in [4.78, 5) is 21.0. The van der Waals surface area contributed by atoms with Crippen LogP contribution in [0.25, 0.3) is 0 Å². The molecule has 0 radical (unpaired) electrons. The average Bonchev–Trinajstić information content (AvgIpc) is 2.02. The number of hydrogen-bond donors (Lipinski definition) is 2. The van der Waals surface area contributed by atoms with Gasteiger partial charge in [-0.3, -0.25) is 9.59 Å². The van der Waals surface area contributed by atoms with Gasteiger partial charge in [0.05, 0.1) is 12.8 Å². The first kappa shape index (κ1) is 29.3. The second-order valence-electron chi connectivity index (χ2n) is 10.9. The van der Waals surface area contributed by atoms with E-state index in [0.717, 1.165) is 12.8 Å². The van der Waals surface area contributed by atoms with Gasteiger partial charge in [0.15, 0.2) is 0 Å². The van der Waals surface area contributed by atoms with Crippen molar-refractivity contribution < 1.29 is 39.3 Å². The van der Waals surface area contributed by atoms with Gasteiger partial charge in [-0.05, 0) is 34.5 Å². The van der Waals surface area contributed by atoms with E-state index in [1.54, 1.807) is 0 Å². The topological polar surface area (TPSA) is 74.6 Å². The molecule has 0 aromatic carbocycles. The third kappa shape index (κ3) is 23.6. The van der Waals surface area contributed by atoms with Gasteiger partial charge in [-0.1, -0.05) is 69.2 Å². The minimum absolute atomic E-state index is 0. The molecule has 25 heavy (non-hydrogen) atoms. The Balaban J connectivity index is -0.000000372. The molecule has 0 fully saturated rings. The van der Waals surface area contributed by atoms with Gasteiger partial charge >= 0.3 is 11.9 Å². The van der Waals surface area contributed by atoms with Gasteiger partial charge in [0.1, 0.15) is 0 Å². The molecule has 146 valence electrons. The van der Waals surface area contributed by atoms with Gasteiger partial charge in [-0.2, -0.15) is 0 Å². The summed E-state index contributed by atoms with van der Waals surface area (Å²) >= 11 is 0. The van der Waals surface area contributed by atoms with Crippen LogP contribution in [0.2, 0.25) is 0 Å². The standard InChI is InChI=1S/2C10H20O2.Zn/c2*1-9(2,3)7-10(4,5)6-8(11)12;/h2*6-7H2,1-5H3,(H,11,12);. The molecular formula is C20H40O4Zn. The van der Waals surface area contributed by atoms with Crippen LogP contribution in [0.4, 0.5) is 0 Å². The van der Waals surface area contributed by atoms with E-state index < -0.39 is 11.9 Å². The van der Waals surface area contributed by atoms with E-state index in [0.29, 0.717) is 0 Å². The molecule has 0 aliphatic carbocycles. The number of hydrogen-bond acceptors (Lipinski definition) is 2. The first-order chi connectivity index (χ1) is 10.2. The van der Waals surface area contributed by atoms with Crippen LogP contribution < -0.4 is 0 Å². The van der Waals surface area contributed by atoms with Crippen LogP contribution in [0, 0.1) is 21.7 Å². The van der Waals surface area contributed by atoms with Gasteiger partial charge < -0.3 is 10.2 Å². The van der Waals surface area contributed by atoms with Crippen molar-refractivity contribution in [3.05, 3.63) is 0 Å². The zero-order valence-corrected chi connectivity index (χ0v) is 21.2. The maximum Gasteiger partial charge on any atom is 0.303 e. The summed E-state index contributed by atoms with van der Waals surface area (Å²) in [6.45, 7) is 20.8. The molecule has 0 aromatic rings. The van der Waals surface area contributed by atoms with Crippen LogP contribution in [0.5, 0.6) is 0 Å². The quantitative estimate of drug-likeness (QED) is 0.540. The molecule has 0 saturated heterocycles. The fourth-order valence-corrected chi connectivity index (χ4v) is 3.82. The minimum Gasteiger partial charge on any atom is -0.481 e. The van der Waals surface area contributed by atoms with Crippen molar-refractivity contribution >= 4 is 11.9 Å². The van der Waals surface area contributed by atoms with Crippen LogP contribution in [0.1, 0.15) is 94.9 Å². The second-order valence-corrected chi connectivity index (χ2v) is 10.9. The van der Waals surface area contributed by atoms with E-state index in [4.69, 9.17) is 10.2 Å². The molecule has 0 spiro atoms. The number of carboxylic acid groups (broad SMARTS) is 2. The number of aliphatic carboxylic acids is 2. The Morgan fingerprint density at radius 1 is 0.600 bits per heavy atom. The molecule has 0 heterocycles. The fourth-order valence-electron chi connectivity index (χ4n) is 3.82. The zero-order chi connectivity index (χ0) is 20.0. The Bertz CT molecular complexity index is 372. The van der Waals surface area contributed by atoms with E-state index in [2.05, 4.69) is 41.5 Å². The number of rotatable bonds is 6. The maximum absolute atomic E-state index is 10.5. The van der Waals surface area contributed by atoms with Crippen molar-refractivity contribution in [3.8, 4) is 0 Å². The van der Waals surface area contributed by atoms with Crippen molar-refractivity contribution in [2.24, 2.45) is 21.7 Å². The van der Waals surface area contributed by atoms with Crippen molar-refractivity contribution in [2.45, 2.75) is 94.9 Å². The van der Waals surface area contributed by atoms with Gasteiger partial charge in [-0.15, -0.1) is 0 Å². The van der Waals surface area contributed by atoms with Crippen molar-refractivity contribution in [1.29, 1.82) is 0 Å². The Labute approximate surface area is 167 Å². The molecule has 0 aliphatic rings. The summed E-state index contributed by atoms with van der Waals surface area (Å²) in [7, 11) is 0. The minimum atomic E-state index is -0.704. The van der Waals surface area contributed by atoms with Gasteiger partial charge in [0.2, 0.25) is 0 Å². The van der Waals surface area contributed by atoms with Crippen LogP contribution in [-0.4, -0.2) is 22.2 Å². The Morgan fingerprint density at radius 2 is 0.800 bits per heavy atom. The van der Waals surface area contributed by atoms with Crippen LogP contribution >= 0.6 is 0 Å². The van der Waals surface area contributed by atoms with E-state index in [1.165, 1.54) is 0 Å². The molecular weight excluding hydrogens is 370 g/mol. The summed E-state index contributed by atoms with van der Waals surface area (Å²) in [5, 5.41) is 17.3. The van der Waals surface area contributed by atoms with E-state index in [-0.39, 0.29) is 54.0 Å². The summed E-state index contributed by atoms with van der Waals surface area (Å²) in [5.41, 5.74) is 0.228. The Morgan fingerprint density at radius 3 is 0.920 bits per heavy atom. The van der Waals surface area contributed by atoms with Gasteiger partial charge in [0, 0.05) is 19.5 Å². The molecule has 0 rings (SSSR count). The normalized spacial score (nSPS) is 12.6. The summed E-state index contributed by atoms with van der Waals surface area (Å²) < 4.78 is 0. The Kier molecular flexibility index (Phi) is 12.5. The van der Waals surface area contributed by atoms with Crippen LogP contribution in [-0.2, 0) is 29.1 Å². The molecule has 0 atom stereocenters. The number of carboxylic acids is 2. The van der Waals surface area contributed by atoms with E-state index >= 15 is 0 Å². The second kappa shape index (κ2) is 10.6. The predicted molar refractivity (Wildman–Crippen MR) is 100 cm³/mol. The summed E-state index contributed by atoms with van der Waals surface area (Å²) in [5.74, 6) is -1.41. The summed E-state index contributed by atoms with van der Waals surface area (Å²) in [6, 6.07) is 0. The zero-order valence-electron chi connectivity index (χ0n) is 18.2. The monoisotopic (exact) mass is 408 g/mol.